The minimum Gasteiger partial charge on any atom is -0.419 e. The van der Waals surface area contributed by atoms with Gasteiger partial charge < -0.3 is 4.42 Å². The molecule has 0 aliphatic rings. The predicted molar refractivity (Wildman–Crippen MR) is 77.7 cm³/mol. The predicted octanol–water partition coefficient (Wildman–Crippen LogP) is 5.29. The van der Waals surface area contributed by atoms with Crippen LogP contribution in [-0.4, -0.2) is 4.75 Å². The largest absolute Gasteiger partial charge is 0.423 e. The second-order valence-corrected chi connectivity index (χ2v) is 7.82. The van der Waals surface area contributed by atoms with Gasteiger partial charge in [-0.1, -0.05) is 20.8 Å². The van der Waals surface area contributed by atoms with E-state index in [-0.39, 0.29) is 0 Å². The average molecular weight is 352 g/mol. The van der Waals surface area contributed by atoms with Gasteiger partial charge in [0.25, 0.3) is 0 Å². The van der Waals surface area contributed by atoms with Gasteiger partial charge in [0.2, 0.25) is 0 Å². The molecule has 0 aliphatic heterocycles. The standard InChI is InChI=1S/C15H13F5O2S/c1-6-7-5-8(16)12(23-14(2,3)4)10(17)11(7)22-13(21)9(6)15(18,19)20/h5H,1-4H3. The molecule has 0 N–H and O–H groups in total. The van der Waals surface area contributed by atoms with Crippen molar-refractivity contribution in [3.63, 3.8) is 0 Å². The fraction of sp³-hybridized carbons (Fsp3) is 0.400. The van der Waals surface area contributed by atoms with Gasteiger partial charge in [-0.2, -0.15) is 13.2 Å². The first kappa shape index (κ1) is 17.8. The van der Waals surface area contributed by atoms with Crippen LogP contribution in [0.1, 0.15) is 31.9 Å². The number of benzene rings is 1. The Kier molecular flexibility index (Phi) is 4.26. The third kappa shape index (κ3) is 3.36. The van der Waals surface area contributed by atoms with Crippen molar-refractivity contribution < 1.29 is 26.4 Å². The molecule has 0 radical (unpaired) electrons. The van der Waals surface area contributed by atoms with Crippen LogP contribution in [0.4, 0.5) is 22.0 Å². The van der Waals surface area contributed by atoms with E-state index in [0.29, 0.717) is 0 Å². The van der Waals surface area contributed by atoms with Crippen LogP contribution in [0.25, 0.3) is 11.0 Å². The van der Waals surface area contributed by atoms with Gasteiger partial charge in [-0.3, -0.25) is 0 Å². The highest BCUT2D eigenvalue weighted by Gasteiger charge is 2.38. The third-order valence-corrected chi connectivity index (χ3v) is 4.19. The van der Waals surface area contributed by atoms with Crippen LogP contribution in [0.3, 0.4) is 0 Å². The van der Waals surface area contributed by atoms with Crippen molar-refractivity contribution in [3.05, 3.63) is 39.2 Å². The van der Waals surface area contributed by atoms with Gasteiger partial charge in [-0.05, 0) is 18.6 Å². The Labute approximate surface area is 132 Å². The first-order chi connectivity index (χ1) is 10.3. The molecule has 0 fully saturated rings. The van der Waals surface area contributed by atoms with E-state index in [0.717, 1.165) is 24.8 Å². The molecule has 1 aromatic heterocycles. The van der Waals surface area contributed by atoms with E-state index in [1.807, 2.05) is 0 Å². The molecule has 0 aliphatic carbocycles. The Morgan fingerprint density at radius 2 is 1.70 bits per heavy atom. The van der Waals surface area contributed by atoms with E-state index in [9.17, 15) is 26.7 Å². The molecule has 0 amide bonds. The van der Waals surface area contributed by atoms with Crippen molar-refractivity contribution in [2.24, 2.45) is 0 Å². The number of halogens is 5. The fourth-order valence-electron chi connectivity index (χ4n) is 2.12. The molecular formula is C15H13F5O2S. The van der Waals surface area contributed by atoms with Crippen LogP contribution >= 0.6 is 11.8 Å². The zero-order valence-corrected chi connectivity index (χ0v) is 13.5. The molecule has 2 rings (SSSR count). The minimum absolute atomic E-state index is 0.396. The number of thioether (sulfide) groups is 1. The molecule has 1 heterocycles. The highest BCUT2D eigenvalue weighted by molar-refractivity contribution is 8.00. The first-order valence-electron chi connectivity index (χ1n) is 6.54. The van der Waals surface area contributed by atoms with Gasteiger partial charge >= 0.3 is 11.8 Å². The lowest BCUT2D eigenvalue weighted by Gasteiger charge is -2.19. The van der Waals surface area contributed by atoms with Gasteiger partial charge in [-0.25, -0.2) is 13.6 Å². The van der Waals surface area contributed by atoms with Gasteiger partial charge in [0.15, 0.2) is 11.4 Å². The van der Waals surface area contributed by atoms with Crippen molar-refractivity contribution in [3.8, 4) is 0 Å². The molecule has 126 valence electrons. The van der Waals surface area contributed by atoms with Crippen LogP contribution < -0.4 is 5.63 Å². The molecule has 0 saturated heterocycles. The van der Waals surface area contributed by atoms with Crippen LogP contribution in [0.15, 0.2) is 20.2 Å². The molecule has 0 bridgehead atoms. The van der Waals surface area contributed by atoms with Gasteiger partial charge in [0.1, 0.15) is 11.4 Å². The van der Waals surface area contributed by atoms with Crippen molar-refractivity contribution in [1.82, 2.24) is 0 Å². The molecule has 0 atom stereocenters. The molecule has 0 saturated carbocycles. The second-order valence-electron chi connectivity index (χ2n) is 5.98. The van der Waals surface area contributed by atoms with Crippen molar-refractivity contribution in [1.29, 1.82) is 0 Å². The molecular weight excluding hydrogens is 339 g/mol. The molecule has 0 unspecified atom stereocenters. The minimum atomic E-state index is -4.97. The Hall–Kier alpha value is -1.57. The van der Waals surface area contributed by atoms with E-state index in [4.69, 9.17) is 0 Å². The molecule has 0 spiro atoms. The smallest absolute Gasteiger partial charge is 0.419 e. The third-order valence-electron chi connectivity index (χ3n) is 3.00. The van der Waals surface area contributed by atoms with Crippen LogP contribution in [0.5, 0.6) is 0 Å². The van der Waals surface area contributed by atoms with Gasteiger partial charge in [0, 0.05) is 10.1 Å². The summed E-state index contributed by atoms with van der Waals surface area (Å²) in [6, 6.07) is 0.764. The first-order valence-corrected chi connectivity index (χ1v) is 7.36. The van der Waals surface area contributed by atoms with Crippen molar-refractivity contribution >= 4 is 22.7 Å². The lowest BCUT2D eigenvalue weighted by atomic mass is 10.1. The number of fused-ring (bicyclic) bond motifs is 1. The summed E-state index contributed by atoms with van der Waals surface area (Å²) in [6.07, 6.45) is -4.97. The monoisotopic (exact) mass is 352 g/mol. The number of hydrogen-bond donors (Lipinski definition) is 0. The topological polar surface area (TPSA) is 30.2 Å². The van der Waals surface area contributed by atoms with E-state index in [2.05, 4.69) is 4.42 Å². The second kappa shape index (κ2) is 5.51. The summed E-state index contributed by atoms with van der Waals surface area (Å²) in [5, 5.41) is -0.412. The maximum absolute atomic E-state index is 14.5. The van der Waals surface area contributed by atoms with Crippen LogP contribution in [-0.2, 0) is 6.18 Å². The Morgan fingerprint density at radius 1 is 1.13 bits per heavy atom. The summed E-state index contributed by atoms with van der Waals surface area (Å²) in [7, 11) is 0. The summed E-state index contributed by atoms with van der Waals surface area (Å²) >= 11 is 0.856. The molecule has 2 aromatic rings. The van der Waals surface area contributed by atoms with E-state index in [1.54, 1.807) is 20.8 Å². The summed E-state index contributed by atoms with van der Waals surface area (Å²) in [6.45, 7) is 6.14. The average Bonchev–Trinajstić information content (AvgIpc) is 2.33. The number of alkyl halides is 3. The van der Waals surface area contributed by atoms with Crippen molar-refractivity contribution in [2.75, 3.05) is 0 Å². The highest BCUT2D eigenvalue weighted by atomic mass is 32.2. The van der Waals surface area contributed by atoms with Crippen LogP contribution in [0, 0.1) is 18.6 Å². The normalized spacial score (nSPS) is 12.9. The molecule has 2 nitrogen and oxygen atoms in total. The highest BCUT2D eigenvalue weighted by Crippen LogP contribution is 2.40. The molecule has 23 heavy (non-hydrogen) atoms. The summed E-state index contributed by atoms with van der Waals surface area (Å²) in [4.78, 5) is 11.2. The molecule has 1 aromatic carbocycles. The lowest BCUT2D eigenvalue weighted by molar-refractivity contribution is -0.140. The maximum atomic E-state index is 14.5. The number of hydrogen-bond acceptors (Lipinski definition) is 3. The van der Waals surface area contributed by atoms with Gasteiger partial charge in [0.05, 0.1) is 4.90 Å². The quantitative estimate of drug-likeness (QED) is 0.397. The van der Waals surface area contributed by atoms with Gasteiger partial charge in [-0.15, -0.1) is 11.8 Å². The Bertz CT molecular complexity index is 831. The Morgan fingerprint density at radius 3 is 2.17 bits per heavy atom. The molecule has 8 heteroatoms. The summed E-state index contributed by atoms with van der Waals surface area (Å²) < 4.78 is 71.3. The lowest BCUT2D eigenvalue weighted by Crippen LogP contribution is -2.21. The summed E-state index contributed by atoms with van der Waals surface area (Å²) in [5.41, 5.74) is -4.48. The van der Waals surface area contributed by atoms with E-state index in [1.165, 1.54) is 0 Å². The zero-order valence-electron chi connectivity index (χ0n) is 12.7. The maximum Gasteiger partial charge on any atom is 0.423 e. The number of rotatable bonds is 1. The van der Waals surface area contributed by atoms with E-state index < -0.39 is 55.2 Å². The number of aryl methyl sites for hydroxylation is 1. The SMILES string of the molecule is Cc1c(C(F)(F)F)c(=O)oc2c(F)c(SC(C)(C)C)c(F)cc12. The summed E-state index contributed by atoms with van der Waals surface area (Å²) in [5.74, 6) is -2.17. The Balaban J connectivity index is 2.86. The van der Waals surface area contributed by atoms with E-state index >= 15 is 0 Å². The van der Waals surface area contributed by atoms with Crippen LogP contribution in [0.2, 0.25) is 0 Å². The van der Waals surface area contributed by atoms with Crippen molar-refractivity contribution in [2.45, 2.75) is 43.5 Å². The zero-order chi connectivity index (χ0) is 17.7. The fourth-order valence-corrected chi connectivity index (χ4v) is 3.07.